The van der Waals surface area contributed by atoms with Crippen molar-refractivity contribution in [2.45, 2.75) is 5.16 Å². The molecule has 8 heteroatoms. The summed E-state index contributed by atoms with van der Waals surface area (Å²) in [6, 6.07) is 1.57. The Kier molecular flexibility index (Phi) is 6.77. The first-order chi connectivity index (χ1) is 8.65. The molecule has 1 aromatic heterocycles. The van der Waals surface area contributed by atoms with Crippen molar-refractivity contribution in [2.24, 2.45) is 0 Å². The van der Waals surface area contributed by atoms with Crippen molar-refractivity contribution < 1.29 is 9.53 Å². The van der Waals surface area contributed by atoms with E-state index in [4.69, 9.17) is 16.3 Å². The van der Waals surface area contributed by atoms with Crippen LogP contribution >= 0.6 is 23.4 Å². The zero-order chi connectivity index (χ0) is 13.4. The number of nitrogens with zero attached hydrogens (tertiary/aromatic N) is 2. The molecule has 0 aliphatic heterocycles. The number of nitrogens with one attached hydrogen (secondary N) is 2. The third-order valence-corrected chi connectivity index (χ3v) is 2.66. The average Bonchev–Trinajstić information content (AvgIpc) is 2.36. The number of hydrogen-bond acceptors (Lipinski definition) is 6. The molecule has 0 fully saturated rings. The van der Waals surface area contributed by atoms with E-state index >= 15 is 0 Å². The second-order valence-corrected chi connectivity index (χ2v) is 4.42. The molecule has 0 aliphatic carbocycles. The molecule has 0 saturated heterocycles. The highest BCUT2D eigenvalue weighted by Crippen LogP contribution is 2.16. The van der Waals surface area contributed by atoms with Crippen LogP contribution in [0.25, 0.3) is 0 Å². The van der Waals surface area contributed by atoms with Gasteiger partial charge in [0.2, 0.25) is 5.91 Å². The smallest absolute Gasteiger partial charge is 0.239 e. The second kappa shape index (κ2) is 8.12. The summed E-state index contributed by atoms with van der Waals surface area (Å²) in [4.78, 5) is 19.6. The number of rotatable bonds is 7. The molecule has 1 aromatic rings. The van der Waals surface area contributed by atoms with Gasteiger partial charge < -0.3 is 15.4 Å². The summed E-state index contributed by atoms with van der Waals surface area (Å²) in [5, 5.41) is 6.48. The fourth-order valence-electron chi connectivity index (χ4n) is 1.10. The van der Waals surface area contributed by atoms with Gasteiger partial charge in [-0.25, -0.2) is 9.97 Å². The molecule has 1 amide bonds. The van der Waals surface area contributed by atoms with Crippen LogP contribution in [0.2, 0.25) is 5.15 Å². The second-order valence-electron chi connectivity index (χ2n) is 3.26. The fraction of sp³-hybridized carbons (Fsp3) is 0.500. The molecule has 1 heterocycles. The van der Waals surface area contributed by atoms with Gasteiger partial charge in [-0.1, -0.05) is 23.4 Å². The van der Waals surface area contributed by atoms with Gasteiger partial charge in [-0.2, -0.15) is 0 Å². The van der Waals surface area contributed by atoms with Crippen LogP contribution < -0.4 is 10.6 Å². The Morgan fingerprint density at radius 1 is 1.56 bits per heavy atom. The predicted molar refractivity (Wildman–Crippen MR) is 72.2 cm³/mol. The summed E-state index contributed by atoms with van der Waals surface area (Å²) in [7, 11) is 1.58. The highest BCUT2D eigenvalue weighted by molar-refractivity contribution is 7.98. The van der Waals surface area contributed by atoms with Crippen molar-refractivity contribution in [2.75, 3.05) is 38.4 Å². The van der Waals surface area contributed by atoms with Crippen molar-refractivity contribution in [3.05, 3.63) is 11.2 Å². The quantitative estimate of drug-likeness (QED) is 0.338. The lowest BCUT2D eigenvalue weighted by atomic mass is 10.5. The van der Waals surface area contributed by atoms with Crippen LogP contribution in [0.3, 0.4) is 0 Å². The Labute approximate surface area is 115 Å². The number of carbonyl (C=O) groups is 1. The number of anilines is 1. The summed E-state index contributed by atoms with van der Waals surface area (Å²) >= 11 is 7.21. The highest BCUT2D eigenvalue weighted by Gasteiger charge is 2.04. The first-order valence-corrected chi connectivity index (χ1v) is 6.84. The van der Waals surface area contributed by atoms with Crippen LogP contribution in [0.1, 0.15) is 0 Å². The van der Waals surface area contributed by atoms with Crippen LogP contribution in [0.15, 0.2) is 11.2 Å². The number of carbonyl (C=O) groups excluding carboxylic acids is 1. The standard InChI is InChI=1S/C10H15ClN4O2S/c1-17-4-3-12-9(16)6-13-8-5-7(11)14-10(15-8)18-2/h5H,3-4,6H2,1-2H3,(H,12,16)(H,13,14,15). The molecule has 2 N–H and O–H groups in total. The molecule has 0 saturated carbocycles. The van der Waals surface area contributed by atoms with Gasteiger partial charge in [0.1, 0.15) is 11.0 Å². The maximum atomic E-state index is 11.4. The number of ether oxygens (including phenoxy) is 1. The van der Waals surface area contributed by atoms with E-state index in [2.05, 4.69) is 20.6 Å². The SMILES string of the molecule is COCCNC(=O)CNc1cc(Cl)nc(SC)n1. The van der Waals surface area contributed by atoms with Crippen molar-refractivity contribution in [3.63, 3.8) is 0 Å². The Morgan fingerprint density at radius 3 is 3.00 bits per heavy atom. The van der Waals surface area contributed by atoms with Gasteiger partial charge in [0.25, 0.3) is 0 Å². The number of hydrogen-bond donors (Lipinski definition) is 2. The summed E-state index contributed by atoms with van der Waals surface area (Å²) < 4.78 is 4.83. The lowest BCUT2D eigenvalue weighted by Crippen LogP contribution is -2.32. The van der Waals surface area contributed by atoms with Gasteiger partial charge in [-0.05, 0) is 6.26 Å². The molecule has 0 radical (unpaired) electrons. The molecule has 0 atom stereocenters. The van der Waals surface area contributed by atoms with Gasteiger partial charge >= 0.3 is 0 Å². The monoisotopic (exact) mass is 290 g/mol. The molecule has 0 unspecified atom stereocenters. The maximum Gasteiger partial charge on any atom is 0.239 e. The lowest BCUT2D eigenvalue weighted by molar-refractivity contribution is -0.119. The molecule has 0 bridgehead atoms. The minimum absolute atomic E-state index is 0.130. The van der Waals surface area contributed by atoms with Crippen molar-refractivity contribution in [1.82, 2.24) is 15.3 Å². The largest absolute Gasteiger partial charge is 0.383 e. The molecule has 6 nitrogen and oxygen atoms in total. The Morgan fingerprint density at radius 2 is 2.33 bits per heavy atom. The van der Waals surface area contributed by atoms with Gasteiger partial charge in [-0.15, -0.1) is 0 Å². The van der Waals surface area contributed by atoms with E-state index in [1.165, 1.54) is 11.8 Å². The number of halogens is 1. The van der Waals surface area contributed by atoms with E-state index in [1.54, 1.807) is 13.2 Å². The van der Waals surface area contributed by atoms with Gasteiger partial charge in [0, 0.05) is 19.7 Å². The Bertz CT molecular complexity index is 405. The summed E-state index contributed by atoms with van der Waals surface area (Å²) in [5.41, 5.74) is 0. The predicted octanol–water partition coefficient (Wildman–Crippen LogP) is 1.03. The summed E-state index contributed by atoms with van der Waals surface area (Å²) in [6.45, 7) is 1.10. The third kappa shape index (κ3) is 5.52. The molecule has 18 heavy (non-hydrogen) atoms. The van der Waals surface area contributed by atoms with E-state index in [0.29, 0.717) is 29.3 Å². The molecule has 1 rings (SSSR count). The van der Waals surface area contributed by atoms with E-state index in [0.717, 1.165) is 0 Å². The van der Waals surface area contributed by atoms with Crippen molar-refractivity contribution >= 4 is 35.1 Å². The number of aromatic nitrogens is 2. The van der Waals surface area contributed by atoms with Crippen LogP contribution in [0.5, 0.6) is 0 Å². The van der Waals surface area contributed by atoms with Crippen molar-refractivity contribution in [1.29, 1.82) is 0 Å². The topological polar surface area (TPSA) is 76.1 Å². The van der Waals surface area contributed by atoms with Gasteiger partial charge in [0.05, 0.1) is 13.2 Å². The van der Waals surface area contributed by atoms with Gasteiger partial charge in [-0.3, -0.25) is 4.79 Å². The molecule has 100 valence electrons. The summed E-state index contributed by atoms with van der Waals surface area (Å²) in [6.07, 6.45) is 1.85. The van der Waals surface area contributed by atoms with E-state index in [-0.39, 0.29) is 12.5 Å². The Balaban J connectivity index is 2.43. The molecular formula is C10H15ClN4O2S. The van der Waals surface area contributed by atoms with Crippen LogP contribution in [0, 0.1) is 0 Å². The van der Waals surface area contributed by atoms with E-state index in [1.807, 2.05) is 6.26 Å². The highest BCUT2D eigenvalue weighted by atomic mass is 35.5. The maximum absolute atomic E-state index is 11.4. The van der Waals surface area contributed by atoms with Gasteiger partial charge in [0.15, 0.2) is 5.16 Å². The first-order valence-electron chi connectivity index (χ1n) is 5.23. The average molecular weight is 291 g/mol. The number of amides is 1. The summed E-state index contributed by atoms with van der Waals surface area (Å²) in [5.74, 6) is 0.397. The van der Waals surface area contributed by atoms with Crippen molar-refractivity contribution in [3.8, 4) is 0 Å². The Hall–Kier alpha value is -1.05. The van der Waals surface area contributed by atoms with Crippen LogP contribution in [0.4, 0.5) is 5.82 Å². The molecule has 0 aromatic carbocycles. The minimum Gasteiger partial charge on any atom is -0.383 e. The molecule has 0 spiro atoms. The van der Waals surface area contributed by atoms with E-state index in [9.17, 15) is 4.79 Å². The lowest BCUT2D eigenvalue weighted by Gasteiger charge is -2.07. The van der Waals surface area contributed by atoms with E-state index < -0.39 is 0 Å². The molecular weight excluding hydrogens is 276 g/mol. The van der Waals surface area contributed by atoms with Crippen LogP contribution in [-0.4, -0.2) is 48.9 Å². The molecule has 0 aliphatic rings. The first kappa shape index (κ1) is 15.0. The third-order valence-electron chi connectivity index (χ3n) is 1.92. The minimum atomic E-state index is -0.132. The fourth-order valence-corrected chi connectivity index (χ4v) is 1.72. The zero-order valence-corrected chi connectivity index (χ0v) is 11.8. The zero-order valence-electron chi connectivity index (χ0n) is 10.2. The van der Waals surface area contributed by atoms with Crippen LogP contribution in [-0.2, 0) is 9.53 Å². The normalized spacial score (nSPS) is 10.2. The number of thioether (sulfide) groups is 1. The number of methoxy groups -OCH3 is 1.